The van der Waals surface area contributed by atoms with Gasteiger partial charge in [-0.05, 0) is 18.9 Å². The normalized spacial score (nSPS) is 16.1. The molecule has 1 N–H and O–H groups in total. The molecule has 0 aliphatic heterocycles. The smallest absolute Gasteiger partial charge is 0.270 e. The number of ether oxygens (including phenoxy) is 1. The number of hydrogen-bond donors (Lipinski definition) is 1. The average molecular weight is 220 g/mol. The summed E-state index contributed by atoms with van der Waals surface area (Å²) >= 11 is 0. The number of nitrogens with zero attached hydrogens (tertiary/aromatic N) is 1. The largest absolute Gasteiger partial charge is 0.481 e. The van der Waals surface area contributed by atoms with Crippen LogP contribution in [0.3, 0.4) is 0 Å². The van der Waals surface area contributed by atoms with Crippen LogP contribution in [0.2, 0.25) is 0 Å². The lowest BCUT2D eigenvalue weighted by molar-refractivity contribution is 0.0932. The highest BCUT2D eigenvalue weighted by molar-refractivity contribution is 5.92. The van der Waals surface area contributed by atoms with E-state index in [1.165, 1.54) is 12.8 Å². The monoisotopic (exact) mass is 220 g/mol. The van der Waals surface area contributed by atoms with Crippen LogP contribution >= 0.6 is 0 Å². The Morgan fingerprint density at radius 2 is 2.19 bits per heavy atom. The van der Waals surface area contributed by atoms with Gasteiger partial charge in [0.15, 0.2) is 0 Å². The minimum Gasteiger partial charge on any atom is -0.481 e. The van der Waals surface area contributed by atoms with Crippen LogP contribution < -0.4 is 10.1 Å². The first kappa shape index (κ1) is 10.9. The van der Waals surface area contributed by atoms with E-state index in [1.54, 1.807) is 25.3 Å². The molecule has 86 valence electrons. The molecule has 0 radical (unpaired) electrons. The molecule has 0 atom stereocenters. The molecule has 0 spiro atoms. The number of carbonyl (C=O) groups excluding carboxylic acids is 1. The highest BCUT2D eigenvalue weighted by atomic mass is 16.5. The second-order valence-electron chi connectivity index (χ2n) is 4.02. The molecular formula is C12H16N2O2. The maximum Gasteiger partial charge on any atom is 0.270 e. The summed E-state index contributed by atoms with van der Waals surface area (Å²) in [6, 6.07) is 5.52. The fraction of sp³-hybridized carbons (Fsp3) is 0.500. The highest BCUT2D eigenvalue weighted by Crippen LogP contribution is 2.18. The number of pyridine rings is 1. The average Bonchev–Trinajstić information content (AvgIpc) is 2.82. The van der Waals surface area contributed by atoms with Gasteiger partial charge in [-0.25, -0.2) is 4.98 Å². The molecule has 0 unspecified atom stereocenters. The van der Waals surface area contributed by atoms with E-state index >= 15 is 0 Å². The second kappa shape index (κ2) is 4.96. The molecule has 1 saturated carbocycles. The van der Waals surface area contributed by atoms with Gasteiger partial charge in [0.25, 0.3) is 5.91 Å². The first-order chi connectivity index (χ1) is 7.79. The molecule has 4 heteroatoms. The fourth-order valence-electron chi connectivity index (χ4n) is 1.98. The minimum absolute atomic E-state index is 0.106. The van der Waals surface area contributed by atoms with Gasteiger partial charge in [-0.15, -0.1) is 0 Å². The maximum atomic E-state index is 11.8. The van der Waals surface area contributed by atoms with Crippen molar-refractivity contribution in [3.63, 3.8) is 0 Å². The molecule has 1 amide bonds. The zero-order valence-corrected chi connectivity index (χ0v) is 9.40. The van der Waals surface area contributed by atoms with Crippen molar-refractivity contribution in [1.29, 1.82) is 0 Å². The van der Waals surface area contributed by atoms with Crippen LogP contribution in [0.1, 0.15) is 36.2 Å². The van der Waals surface area contributed by atoms with Crippen LogP contribution in [-0.2, 0) is 0 Å². The van der Waals surface area contributed by atoms with Crippen molar-refractivity contribution in [3.05, 3.63) is 23.9 Å². The van der Waals surface area contributed by atoms with Gasteiger partial charge in [-0.1, -0.05) is 18.9 Å². The Morgan fingerprint density at radius 3 is 2.88 bits per heavy atom. The number of hydrogen-bond acceptors (Lipinski definition) is 3. The number of nitrogens with one attached hydrogen (secondary N) is 1. The minimum atomic E-state index is -0.106. The summed E-state index contributed by atoms with van der Waals surface area (Å²) in [5.41, 5.74) is 0.422. The third-order valence-electron chi connectivity index (χ3n) is 2.86. The zero-order valence-electron chi connectivity index (χ0n) is 9.40. The van der Waals surface area contributed by atoms with Gasteiger partial charge >= 0.3 is 0 Å². The summed E-state index contributed by atoms with van der Waals surface area (Å²) in [4.78, 5) is 15.9. The number of aromatic nitrogens is 1. The van der Waals surface area contributed by atoms with E-state index in [-0.39, 0.29) is 5.91 Å². The summed E-state index contributed by atoms with van der Waals surface area (Å²) in [5.74, 6) is 0.366. The van der Waals surface area contributed by atoms with Crippen molar-refractivity contribution in [3.8, 4) is 5.88 Å². The lowest BCUT2D eigenvalue weighted by atomic mass is 10.2. The van der Waals surface area contributed by atoms with E-state index in [2.05, 4.69) is 10.3 Å². The van der Waals surface area contributed by atoms with E-state index in [4.69, 9.17) is 4.74 Å². The van der Waals surface area contributed by atoms with E-state index in [1.807, 2.05) is 0 Å². The predicted molar refractivity (Wildman–Crippen MR) is 60.5 cm³/mol. The molecular weight excluding hydrogens is 204 g/mol. The maximum absolute atomic E-state index is 11.8. The Balaban J connectivity index is 2.01. The Kier molecular flexibility index (Phi) is 3.39. The van der Waals surface area contributed by atoms with Crippen molar-refractivity contribution in [1.82, 2.24) is 10.3 Å². The molecule has 1 aromatic heterocycles. The van der Waals surface area contributed by atoms with Crippen LogP contribution in [0.15, 0.2) is 18.2 Å². The molecule has 1 fully saturated rings. The van der Waals surface area contributed by atoms with Crippen LogP contribution in [0.25, 0.3) is 0 Å². The fourth-order valence-corrected chi connectivity index (χ4v) is 1.98. The molecule has 16 heavy (non-hydrogen) atoms. The molecule has 2 rings (SSSR count). The van der Waals surface area contributed by atoms with Gasteiger partial charge in [0.1, 0.15) is 5.69 Å². The van der Waals surface area contributed by atoms with Crippen LogP contribution in [-0.4, -0.2) is 24.0 Å². The molecule has 4 nitrogen and oxygen atoms in total. The van der Waals surface area contributed by atoms with Gasteiger partial charge in [0.2, 0.25) is 5.88 Å². The Labute approximate surface area is 95.0 Å². The van der Waals surface area contributed by atoms with Crippen LogP contribution in [0, 0.1) is 0 Å². The SMILES string of the molecule is COc1cccc(C(=O)NC2CCCC2)n1. The summed E-state index contributed by atoms with van der Waals surface area (Å²) < 4.78 is 4.98. The van der Waals surface area contributed by atoms with Gasteiger partial charge in [0, 0.05) is 12.1 Å². The summed E-state index contributed by atoms with van der Waals surface area (Å²) in [6.07, 6.45) is 4.57. The third kappa shape index (κ3) is 2.51. The lowest BCUT2D eigenvalue weighted by Gasteiger charge is -2.11. The molecule has 0 aromatic carbocycles. The molecule has 1 aliphatic carbocycles. The van der Waals surface area contributed by atoms with Crippen molar-refractivity contribution in [2.75, 3.05) is 7.11 Å². The Hall–Kier alpha value is -1.58. The van der Waals surface area contributed by atoms with Gasteiger partial charge < -0.3 is 10.1 Å². The molecule has 0 bridgehead atoms. The lowest BCUT2D eigenvalue weighted by Crippen LogP contribution is -2.33. The predicted octanol–water partition coefficient (Wildman–Crippen LogP) is 1.76. The molecule has 0 saturated heterocycles. The van der Waals surface area contributed by atoms with E-state index in [0.717, 1.165) is 12.8 Å². The van der Waals surface area contributed by atoms with Gasteiger partial charge in [-0.3, -0.25) is 4.79 Å². The third-order valence-corrected chi connectivity index (χ3v) is 2.86. The molecule has 1 aliphatic rings. The quantitative estimate of drug-likeness (QED) is 0.844. The second-order valence-corrected chi connectivity index (χ2v) is 4.02. The van der Waals surface area contributed by atoms with Crippen molar-refractivity contribution >= 4 is 5.91 Å². The van der Waals surface area contributed by atoms with Crippen LogP contribution in [0.4, 0.5) is 0 Å². The molecule has 1 aromatic rings. The Morgan fingerprint density at radius 1 is 1.44 bits per heavy atom. The van der Waals surface area contributed by atoms with E-state index in [9.17, 15) is 4.79 Å². The molecule has 1 heterocycles. The van der Waals surface area contributed by atoms with Gasteiger partial charge in [-0.2, -0.15) is 0 Å². The number of carbonyl (C=O) groups is 1. The van der Waals surface area contributed by atoms with E-state index < -0.39 is 0 Å². The first-order valence-electron chi connectivity index (χ1n) is 5.61. The highest BCUT2D eigenvalue weighted by Gasteiger charge is 2.18. The standard InChI is InChI=1S/C12H16N2O2/c1-16-11-8-4-7-10(14-11)12(15)13-9-5-2-3-6-9/h4,7-9H,2-3,5-6H2,1H3,(H,13,15). The summed E-state index contributed by atoms with van der Waals surface area (Å²) in [5, 5.41) is 2.99. The van der Waals surface area contributed by atoms with E-state index in [0.29, 0.717) is 17.6 Å². The summed E-state index contributed by atoms with van der Waals surface area (Å²) in [7, 11) is 1.54. The van der Waals surface area contributed by atoms with Crippen molar-refractivity contribution < 1.29 is 9.53 Å². The van der Waals surface area contributed by atoms with Gasteiger partial charge in [0.05, 0.1) is 7.11 Å². The number of amides is 1. The topological polar surface area (TPSA) is 51.2 Å². The van der Waals surface area contributed by atoms with Crippen molar-refractivity contribution in [2.45, 2.75) is 31.7 Å². The summed E-state index contributed by atoms with van der Waals surface area (Å²) in [6.45, 7) is 0. The number of methoxy groups -OCH3 is 1. The zero-order chi connectivity index (χ0) is 11.4. The van der Waals surface area contributed by atoms with Crippen LogP contribution in [0.5, 0.6) is 5.88 Å². The Bertz CT molecular complexity index is 373. The number of rotatable bonds is 3. The van der Waals surface area contributed by atoms with Crippen molar-refractivity contribution in [2.24, 2.45) is 0 Å². The first-order valence-corrected chi connectivity index (χ1v) is 5.61.